The molecule has 0 radical (unpaired) electrons. The lowest BCUT2D eigenvalue weighted by molar-refractivity contribution is 0.103. The van der Waals surface area contributed by atoms with E-state index in [1.807, 2.05) is 24.3 Å². The van der Waals surface area contributed by atoms with Gasteiger partial charge in [-0.1, -0.05) is 44.0 Å². The summed E-state index contributed by atoms with van der Waals surface area (Å²) >= 11 is 0. The molecular formula is C20H24O3. The molecule has 3 nitrogen and oxygen atoms in total. The largest absolute Gasteiger partial charge is 0.493 e. The van der Waals surface area contributed by atoms with Crippen molar-refractivity contribution in [1.82, 2.24) is 0 Å². The number of hydrogen-bond acceptors (Lipinski definition) is 3. The molecule has 3 heteroatoms. The molecule has 23 heavy (non-hydrogen) atoms. The van der Waals surface area contributed by atoms with Gasteiger partial charge in [-0.05, 0) is 36.6 Å². The van der Waals surface area contributed by atoms with Crippen LogP contribution < -0.4 is 9.47 Å². The minimum atomic E-state index is -0.00828. The van der Waals surface area contributed by atoms with Gasteiger partial charge in [-0.2, -0.15) is 0 Å². The molecule has 0 aliphatic heterocycles. The van der Waals surface area contributed by atoms with E-state index in [9.17, 15) is 4.79 Å². The van der Waals surface area contributed by atoms with Crippen molar-refractivity contribution in [2.24, 2.45) is 0 Å². The van der Waals surface area contributed by atoms with Crippen molar-refractivity contribution in [3.63, 3.8) is 0 Å². The van der Waals surface area contributed by atoms with Crippen LogP contribution in [0.2, 0.25) is 0 Å². The van der Waals surface area contributed by atoms with Gasteiger partial charge < -0.3 is 9.47 Å². The van der Waals surface area contributed by atoms with E-state index in [2.05, 4.69) is 6.92 Å². The Kier molecular flexibility index (Phi) is 6.21. The monoisotopic (exact) mass is 312 g/mol. The van der Waals surface area contributed by atoms with Gasteiger partial charge in [0, 0.05) is 11.1 Å². The first-order chi connectivity index (χ1) is 11.2. The van der Waals surface area contributed by atoms with Crippen LogP contribution in [0.4, 0.5) is 0 Å². The van der Waals surface area contributed by atoms with Gasteiger partial charge in [0.25, 0.3) is 0 Å². The topological polar surface area (TPSA) is 35.5 Å². The first kappa shape index (κ1) is 17.1. The molecule has 0 aliphatic carbocycles. The van der Waals surface area contributed by atoms with Gasteiger partial charge >= 0.3 is 0 Å². The summed E-state index contributed by atoms with van der Waals surface area (Å²) in [6.45, 7) is 2.20. The predicted octanol–water partition coefficient (Wildman–Crippen LogP) is 4.67. The number of benzene rings is 2. The van der Waals surface area contributed by atoms with Crippen LogP contribution in [-0.4, -0.2) is 20.0 Å². The molecule has 2 aromatic rings. The summed E-state index contributed by atoms with van der Waals surface area (Å²) in [6.07, 6.45) is 4.72. The van der Waals surface area contributed by atoms with Crippen LogP contribution in [0.3, 0.4) is 0 Å². The molecule has 0 bridgehead atoms. The Hall–Kier alpha value is -2.29. The predicted molar refractivity (Wildman–Crippen MR) is 92.6 cm³/mol. The number of ketones is 1. The maximum atomic E-state index is 12.6. The molecule has 2 aromatic carbocycles. The second-order valence-corrected chi connectivity index (χ2v) is 5.55. The zero-order valence-electron chi connectivity index (χ0n) is 14.1. The highest BCUT2D eigenvalue weighted by atomic mass is 16.5. The highest BCUT2D eigenvalue weighted by molar-refractivity contribution is 6.09. The number of methoxy groups -OCH3 is 2. The maximum Gasteiger partial charge on any atom is 0.193 e. The average Bonchev–Trinajstić information content (AvgIpc) is 2.61. The Labute approximate surface area is 138 Å². The van der Waals surface area contributed by atoms with Crippen LogP contribution in [0.25, 0.3) is 0 Å². The molecule has 0 atom stereocenters. The zero-order valence-corrected chi connectivity index (χ0v) is 14.1. The average molecular weight is 312 g/mol. The minimum Gasteiger partial charge on any atom is -0.493 e. The number of carbonyl (C=O) groups is 1. The van der Waals surface area contributed by atoms with E-state index >= 15 is 0 Å². The number of aryl methyl sites for hydroxylation is 1. The summed E-state index contributed by atoms with van der Waals surface area (Å²) in [5.74, 6) is 1.18. The Bertz CT molecular complexity index is 644. The second kappa shape index (κ2) is 8.37. The van der Waals surface area contributed by atoms with E-state index in [1.165, 1.54) is 24.8 Å². The number of ether oxygens (including phenoxy) is 2. The summed E-state index contributed by atoms with van der Waals surface area (Å²) in [7, 11) is 3.15. The van der Waals surface area contributed by atoms with Gasteiger partial charge in [0.05, 0.1) is 14.2 Å². The fourth-order valence-corrected chi connectivity index (χ4v) is 2.55. The molecule has 0 saturated carbocycles. The number of hydrogen-bond donors (Lipinski definition) is 0. The molecule has 0 N–H and O–H groups in total. The van der Waals surface area contributed by atoms with Crippen LogP contribution in [-0.2, 0) is 6.42 Å². The lowest BCUT2D eigenvalue weighted by Gasteiger charge is -2.09. The summed E-state index contributed by atoms with van der Waals surface area (Å²) in [4.78, 5) is 12.6. The summed E-state index contributed by atoms with van der Waals surface area (Å²) in [6, 6.07) is 13.1. The quantitative estimate of drug-likeness (QED) is 0.525. The molecule has 0 spiro atoms. The highest BCUT2D eigenvalue weighted by Gasteiger charge is 2.12. The lowest BCUT2D eigenvalue weighted by Crippen LogP contribution is -2.02. The summed E-state index contributed by atoms with van der Waals surface area (Å²) in [5, 5.41) is 0. The number of unbranched alkanes of at least 4 members (excludes halogenated alkanes) is 2. The molecule has 0 unspecified atom stereocenters. The third kappa shape index (κ3) is 4.35. The highest BCUT2D eigenvalue weighted by Crippen LogP contribution is 2.28. The van der Waals surface area contributed by atoms with E-state index in [4.69, 9.17) is 9.47 Å². The molecule has 2 rings (SSSR count). The van der Waals surface area contributed by atoms with E-state index in [0.717, 1.165) is 6.42 Å². The third-order valence-electron chi connectivity index (χ3n) is 3.93. The Morgan fingerprint density at radius 1 is 0.870 bits per heavy atom. The number of rotatable bonds is 8. The van der Waals surface area contributed by atoms with Crippen molar-refractivity contribution >= 4 is 5.78 Å². The third-order valence-corrected chi connectivity index (χ3v) is 3.93. The molecule has 0 fully saturated rings. The standard InChI is InChI=1S/C20H24O3/c1-4-5-6-7-15-8-10-16(11-9-15)20(21)17-12-13-18(22-2)19(14-17)23-3/h8-14H,4-7H2,1-3H3. The normalized spacial score (nSPS) is 10.4. The van der Waals surface area contributed by atoms with Gasteiger partial charge in [0.15, 0.2) is 17.3 Å². The fourth-order valence-electron chi connectivity index (χ4n) is 2.55. The SMILES string of the molecule is CCCCCc1ccc(C(=O)c2ccc(OC)c(OC)c2)cc1. The molecule has 0 heterocycles. The Morgan fingerprint density at radius 3 is 2.13 bits per heavy atom. The maximum absolute atomic E-state index is 12.6. The van der Waals surface area contributed by atoms with Crippen molar-refractivity contribution in [3.05, 3.63) is 59.2 Å². The van der Waals surface area contributed by atoms with Crippen LogP contribution in [0.15, 0.2) is 42.5 Å². The second-order valence-electron chi connectivity index (χ2n) is 5.55. The first-order valence-electron chi connectivity index (χ1n) is 8.05. The lowest BCUT2D eigenvalue weighted by atomic mass is 10.00. The van der Waals surface area contributed by atoms with Gasteiger partial charge in [-0.3, -0.25) is 4.79 Å². The first-order valence-corrected chi connectivity index (χ1v) is 8.05. The number of carbonyl (C=O) groups excluding carboxylic acids is 1. The van der Waals surface area contributed by atoms with Crippen LogP contribution in [0.1, 0.15) is 47.7 Å². The Morgan fingerprint density at radius 2 is 1.52 bits per heavy atom. The molecular weight excluding hydrogens is 288 g/mol. The molecule has 0 aliphatic rings. The van der Waals surface area contributed by atoms with Gasteiger partial charge in [-0.15, -0.1) is 0 Å². The van der Waals surface area contributed by atoms with Crippen LogP contribution in [0, 0.1) is 0 Å². The summed E-state index contributed by atoms with van der Waals surface area (Å²) in [5.41, 5.74) is 2.57. The van der Waals surface area contributed by atoms with E-state index in [-0.39, 0.29) is 5.78 Å². The van der Waals surface area contributed by atoms with Crippen molar-refractivity contribution in [3.8, 4) is 11.5 Å². The fraction of sp³-hybridized carbons (Fsp3) is 0.350. The van der Waals surface area contributed by atoms with Crippen LogP contribution in [0.5, 0.6) is 11.5 Å². The smallest absolute Gasteiger partial charge is 0.193 e. The zero-order chi connectivity index (χ0) is 16.7. The van der Waals surface area contributed by atoms with E-state index < -0.39 is 0 Å². The summed E-state index contributed by atoms with van der Waals surface area (Å²) < 4.78 is 10.5. The minimum absolute atomic E-state index is 0.00828. The van der Waals surface area contributed by atoms with Gasteiger partial charge in [-0.25, -0.2) is 0 Å². The van der Waals surface area contributed by atoms with E-state index in [0.29, 0.717) is 22.6 Å². The van der Waals surface area contributed by atoms with Gasteiger partial charge in [0.2, 0.25) is 0 Å². The molecule has 0 saturated heterocycles. The molecule has 0 aromatic heterocycles. The van der Waals surface area contributed by atoms with Crippen LogP contribution >= 0.6 is 0 Å². The van der Waals surface area contributed by atoms with Crippen molar-refractivity contribution in [1.29, 1.82) is 0 Å². The molecule has 0 amide bonds. The van der Waals surface area contributed by atoms with Crippen molar-refractivity contribution in [2.45, 2.75) is 32.6 Å². The van der Waals surface area contributed by atoms with Crippen molar-refractivity contribution < 1.29 is 14.3 Å². The van der Waals surface area contributed by atoms with Crippen molar-refractivity contribution in [2.75, 3.05) is 14.2 Å². The van der Waals surface area contributed by atoms with E-state index in [1.54, 1.807) is 32.4 Å². The molecule has 122 valence electrons. The Balaban J connectivity index is 2.13. The van der Waals surface area contributed by atoms with Gasteiger partial charge in [0.1, 0.15) is 0 Å².